The zero-order chi connectivity index (χ0) is 10.1. The van der Waals surface area contributed by atoms with Gasteiger partial charge in [0.05, 0.1) is 6.61 Å². The second-order valence-electron chi connectivity index (χ2n) is 3.40. The van der Waals surface area contributed by atoms with E-state index in [1.54, 1.807) is 0 Å². The number of hydrogen-bond donors (Lipinski definition) is 0. The van der Waals surface area contributed by atoms with Gasteiger partial charge in [-0.1, -0.05) is 33.1 Å². The van der Waals surface area contributed by atoms with Gasteiger partial charge in [-0.15, -0.1) is 0 Å². The standard InChI is InChI=1S/C11H18O2/c1-4-5-6-7-8-11(12)13-9-10(2)3/h10H,4-6,9H2,1-3H3. The van der Waals surface area contributed by atoms with E-state index >= 15 is 0 Å². The number of carbonyl (C=O) groups excluding carboxylic acids is 1. The van der Waals surface area contributed by atoms with Crippen molar-refractivity contribution in [3.63, 3.8) is 0 Å². The van der Waals surface area contributed by atoms with E-state index in [1.807, 2.05) is 13.8 Å². The molecular weight excluding hydrogens is 164 g/mol. The molecule has 0 aliphatic carbocycles. The number of rotatable bonds is 4. The number of unbranched alkanes of at least 4 members (excludes halogenated alkanes) is 2. The molecule has 0 aliphatic rings. The van der Waals surface area contributed by atoms with Crippen LogP contribution in [0.3, 0.4) is 0 Å². The summed E-state index contributed by atoms with van der Waals surface area (Å²) in [5.41, 5.74) is 0. The molecule has 0 N–H and O–H groups in total. The average molecular weight is 182 g/mol. The zero-order valence-corrected chi connectivity index (χ0v) is 8.72. The number of esters is 1. The van der Waals surface area contributed by atoms with Crippen LogP contribution in [-0.4, -0.2) is 12.6 Å². The van der Waals surface area contributed by atoms with Crippen LogP contribution in [0, 0.1) is 17.8 Å². The maximum atomic E-state index is 10.9. The summed E-state index contributed by atoms with van der Waals surface area (Å²) in [5.74, 6) is 5.22. The summed E-state index contributed by atoms with van der Waals surface area (Å²) in [6.07, 6.45) is 2.94. The van der Waals surface area contributed by atoms with Gasteiger partial charge in [0, 0.05) is 12.3 Å². The molecule has 0 aromatic heterocycles. The Kier molecular flexibility index (Phi) is 7.10. The fourth-order valence-electron chi connectivity index (χ4n) is 0.678. The van der Waals surface area contributed by atoms with Gasteiger partial charge < -0.3 is 4.74 Å². The summed E-state index contributed by atoms with van der Waals surface area (Å²) in [4.78, 5) is 10.9. The van der Waals surface area contributed by atoms with Gasteiger partial charge >= 0.3 is 5.97 Å². The van der Waals surface area contributed by atoms with Crippen LogP contribution in [0.1, 0.15) is 40.0 Å². The molecule has 0 atom stereocenters. The first-order chi connectivity index (χ1) is 6.16. The molecule has 0 amide bonds. The van der Waals surface area contributed by atoms with Crippen molar-refractivity contribution in [1.82, 2.24) is 0 Å². The van der Waals surface area contributed by atoms with Gasteiger partial charge in [-0.25, -0.2) is 4.79 Å². The van der Waals surface area contributed by atoms with Crippen LogP contribution in [0.4, 0.5) is 0 Å². The maximum absolute atomic E-state index is 10.9. The predicted molar refractivity (Wildman–Crippen MR) is 53.1 cm³/mol. The predicted octanol–water partition coefficient (Wildman–Crippen LogP) is 2.38. The van der Waals surface area contributed by atoms with E-state index in [0.29, 0.717) is 12.5 Å². The Labute approximate surface area is 80.7 Å². The second kappa shape index (κ2) is 7.67. The van der Waals surface area contributed by atoms with E-state index in [9.17, 15) is 4.79 Å². The van der Waals surface area contributed by atoms with Crippen molar-refractivity contribution >= 4 is 5.97 Å². The quantitative estimate of drug-likeness (QED) is 0.289. The third-order valence-electron chi connectivity index (χ3n) is 1.39. The first kappa shape index (κ1) is 12.0. The van der Waals surface area contributed by atoms with E-state index in [4.69, 9.17) is 4.74 Å². The third kappa shape index (κ3) is 8.94. The van der Waals surface area contributed by atoms with Crippen molar-refractivity contribution in [3.8, 4) is 11.8 Å². The van der Waals surface area contributed by atoms with Gasteiger partial charge in [0.1, 0.15) is 0 Å². The van der Waals surface area contributed by atoms with Crippen LogP contribution < -0.4 is 0 Å². The molecule has 0 radical (unpaired) electrons. The monoisotopic (exact) mass is 182 g/mol. The highest BCUT2D eigenvalue weighted by atomic mass is 16.5. The van der Waals surface area contributed by atoms with Crippen molar-refractivity contribution in [2.75, 3.05) is 6.61 Å². The molecule has 0 saturated carbocycles. The van der Waals surface area contributed by atoms with Gasteiger partial charge in [0.2, 0.25) is 0 Å². The number of ether oxygens (including phenoxy) is 1. The van der Waals surface area contributed by atoms with Crippen LogP contribution in [-0.2, 0) is 9.53 Å². The van der Waals surface area contributed by atoms with Gasteiger partial charge in [-0.2, -0.15) is 0 Å². The minimum atomic E-state index is -0.398. The van der Waals surface area contributed by atoms with E-state index < -0.39 is 5.97 Å². The van der Waals surface area contributed by atoms with Gasteiger partial charge in [0.15, 0.2) is 0 Å². The molecule has 74 valence electrons. The van der Waals surface area contributed by atoms with Crippen molar-refractivity contribution < 1.29 is 9.53 Å². The molecule has 0 aromatic rings. The molecule has 0 aliphatic heterocycles. The number of carbonyl (C=O) groups is 1. The molecule has 0 aromatic carbocycles. The maximum Gasteiger partial charge on any atom is 0.384 e. The minimum Gasteiger partial charge on any atom is -0.456 e. The molecule has 0 saturated heterocycles. The lowest BCUT2D eigenvalue weighted by Gasteiger charge is -2.02. The van der Waals surface area contributed by atoms with Crippen LogP contribution >= 0.6 is 0 Å². The summed E-state index contributed by atoms with van der Waals surface area (Å²) in [5, 5.41) is 0. The molecule has 13 heavy (non-hydrogen) atoms. The Morgan fingerprint density at radius 1 is 1.46 bits per heavy atom. The fourth-order valence-corrected chi connectivity index (χ4v) is 0.678. The van der Waals surface area contributed by atoms with Crippen LogP contribution in [0.15, 0.2) is 0 Å². The highest BCUT2D eigenvalue weighted by Crippen LogP contribution is 1.93. The SMILES string of the molecule is CCCCC#CC(=O)OCC(C)C. The normalized spacial score (nSPS) is 9.23. The second-order valence-corrected chi connectivity index (χ2v) is 3.40. The third-order valence-corrected chi connectivity index (χ3v) is 1.39. The van der Waals surface area contributed by atoms with Crippen LogP contribution in [0.2, 0.25) is 0 Å². The largest absolute Gasteiger partial charge is 0.456 e. The Balaban J connectivity index is 3.53. The van der Waals surface area contributed by atoms with E-state index in [2.05, 4.69) is 18.8 Å². The molecule has 0 unspecified atom stereocenters. The number of hydrogen-bond acceptors (Lipinski definition) is 2. The van der Waals surface area contributed by atoms with E-state index in [1.165, 1.54) is 0 Å². The van der Waals surface area contributed by atoms with Gasteiger partial charge in [-0.05, 0) is 12.3 Å². The summed E-state index contributed by atoms with van der Waals surface area (Å²) < 4.78 is 4.87. The van der Waals surface area contributed by atoms with Crippen molar-refractivity contribution in [3.05, 3.63) is 0 Å². The van der Waals surface area contributed by atoms with Gasteiger partial charge in [-0.3, -0.25) is 0 Å². The summed E-state index contributed by atoms with van der Waals surface area (Å²) in [7, 11) is 0. The first-order valence-corrected chi connectivity index (χ1v) is 4.82. The summed E-state index contributed by atoms with van der Waals surface area (Å²) >= 11 is 0. The Morgan fingerprint density at radius 3 is 2.69 bits per heavy atom. The molecule has 0 spiro atoms. The minimum absolute atomic E-state index is 0.376. The molecular formula is C11H18O2. The smallest absolute Gasteiger partial charge is 0.384 e. The highest BCUT2D eigenvalue weighted by Gasteiger charge is 1.98. The van der Waals surface area contributed by atoms with Crippen LogP contribution in [0.5, 0.6) is 0 Å². The topological polar surface area (TPSA) is 26.3 Å². The molecule has 0 heterocycles. The van der Waals surface area contributed by atoms with Crippen molar-refractivity contribution in [1.29, 1.82) is 0 Å². The molecule has 0 bridgehead atoms. The fraction of sp³-hybridized carbons (Fsp3) is 0.727. The molecule has 0 rings (SSSR count). The van der Waals surface area contributed by atoms with E-state index in [-0.39, 0.29) is 0 Å². The lowest BCUT2D eigenvalue weighted by Crippen LogP contribution is -2.07. The van der Waals surface area contributed by atoms with Gasteiger partial charge in [0.25, 0.3) is 0 Å². The van der Waals surface area contributed by atoms with Crippen molar-refractivity contribution in [2.45, 2.75) is 40.0 Å². The first-order valence-electron chi connectivity index (χ1n) is 4.82. The molecule has 2 heteroatoms. The average Bonchev–Trinajstić information content (AvgIpc) is 2.09. The van der Waals surface area contributed by atoms with E-state index in [0.717, 1.165) is 19.3 Å². The molecule has 0 fully saturated rings. The highest BCUT2D eigenvalue weighted by molar-refractivity contribution is 5.88. The van der Waals surface area contributed by atoms with Crippen molar-refractivity contribution in [2.24, 2.45) is 5.92 Å². The Morgan fingerprint density at radius 2 is 2.15 bits per heavy atom. The Bertz CT molecular complexity index is 196. The Hall–Kier alpha value is -0.970. The lowest BCUT2D eigenvalue weighted by atomic mass is 10.2. The van der Waals surface area contributed by atoms with Crippen LogP contribution in [0.25, 0.3) is 0 Å². The summed E-state index contributed by atoms with van der Waals surface area (Å²) in [6.45, 7) is 6.55. The molecule has 2 nitrogen and oxygen atoms in total. The summed E-state index contributed by atoms with van der Waals surface area (Å²) in [6, 6.07) is 0. The zero-order valence-electron chi connectivity index (χ0n) is 8.72. The lowest BCUT2D eigenvalue weighted by molar-refractivity contribution is -0.137.